The lowest BCUT2D eigenvalue weighted by Gasteiger charge is -2.23. The van der Waals surface area contributed by atoms with E-state index >= 15 is 0 Å². The van der Waals surface area contributed by atoms with E-state index in [9.17, 15) is 21.6 Å². The van der Waals surface area contributed by atoms with Crippen molar-refractivity contribution >= 4 is 23.4 Å². The van der Waals surface area contributed by atoms with Gasteiger partial charge in [0.1, 0.15) is 5.75 Å². The van der Waals surface area contributed by atoms with Gasteiger partial charge in [0, 0.05) is 6.42 Å². The fraction of sp³-hybridized carbons (Fsp3) is 0.429. The molecule has 1 aromatic carbocycles. The molecule has 1 rings (SSSR count). The number of hydrogen-bond acceptors (Lipinski definition) is 3. The van der Waals surface area contributed by atoms with E-state index in [4.69, 9.17) is 6.42 Å². The number of aryl methyl sites for hydroxylation is 1. The molecule has 0 fully saturated rings. The highest BCUT2D eigenvalue weighted by Gasteiger charge is 2.49. The van der Waals surface area contributed by atoms with Gasteiger partial charge in [0.2, 0.25) is 0 Å². The molecule has 0 aliphatic rings. The maximum Gasteiger partial charge on any atom is 0.534 e. The summed E-state index contributed by atoms with van der Waals surface area (Å²) in [5.74, 6) is 2.15. The molecule has 122 valence electrons. The van der Waals surface area contributed by atoms with Crippen LogP contribution in [0.4, 0.5) is 13.2 Å². The van der Waals surface area contributed by atoms with Crippen molar-refractivity contribution in [1.29, 1.82) is 0 Å². The molecule has 0 N–H and O–H groups in total. The molecule has 0 bridgehead atoms. The Morgan fingerprint density at radius 1 is 1.27 bits per heavy atom. The maximum absolute atomic E-state index is 12.6. The second kappa shape index (κ2) is 6.34. The lowest BCUT2D eigenvalue weighted by atomic mass is 10.1. The van der Waals surface area contributed by atoms with E-state index in [0.29, 0.717) is 10.8 Å². The van der Waals surface area contributed by atoms with Crippen LogP contribution in [0.15, 0.2) is 18.2 Å². The standard InChI is InChI=1S/C14H17F3O3SSi/c1-5-6-8-11-9-7-10-12(22(2,3)4)13(11)20-21(18,19)14(15,16)17/h1,7,9-10H,6,8H2,2-4H3. The minimum Gasteiger partial charge on any atom is -0.376 e. The third kappa shape index (κ3) is 4.27. The smallest absolute Gasteiger partial charge is 0.376 e. The van der Waals surface area contributed by atoms with Gasteiger partial charge in [0.15, 0.2) is 0 Å². The van der Waals surface area contributed by atoms with Crippen LogP contribution in [0.5, 0.6) is 5.75 Å². The molecule has 8 heteroatoms. The number of hydrogen-bond donors (Lipinski definition) is 0. The fourth-order valence-electron chi connectivity index (χ4n) is 1.83. The number of para-hydroxylation sites is 1. The van der Waals surface area contributed by atoms with Crippen molar-refractivity contribution in [3.8, 4) is 18.1 Å². The van der Waals surface area contributed by atoms with Crippen LogP contribution < -0.4 is 9.37 Å². The number of rotatable bonds is 5. The Balaban J connectivity index is 3.45. The van der Waals surface area contributed by atoms with Crippen molar-refractivity contribution in [1.82, 2.24) is 0 Å². The molecule has 0 saturated carbocycles. The van der Waals surface area contributed by atoms with Crippen LogP contribution in [-0.2, 0) is 16.5 Å². The Morgan fingerprint density at radius 2 is 1.86 bits per heavy atom. The van der Waals surface area contributed by atoms with Gasteiger partial charge >= 0.3 is 15.6 Å². The highest BCUT2D eigenvalue weighted by Crippen LogP contribution is 2.30. The van der Waals surface area contributed by atoms with Crippen molar-refractivity contribution in [2.75, 3.05) is 0 Å². The monoisotopic (exact) mass is 350 g/mol. The van der Waals surface area contributed by atoms with E-state index in [-0.39, 0.29) is 18.6 Å². The van der Waals surface area contributed by atoms with Crippen LogP contribution in [0.2, 0.25) is 19.6 Å². The molecular formula is C14H17F3O3SSi. The molecule has 22 heavy (non-hydrogen) atoms. The van der Waals surface area contributed by atoms with Crippen molar-refractivity contribution in [3.05, 3.63) is 23.8 Å². The van der Waals surface area contributed by atoms with Gasteiger partial charge in [-0.1, -0.05) is 37.8 Å². The number of alkyl halides is 3. The number of halogens is 3. The molecule has 0 aromatic heterocycles. The predicted molar refractivity (Wildman–Crippen MR) is 82.2 cm³/mol. The lowest BCUT2D eigenvalue weighted by Crippen LogP contribution is -2.41. The van der Waals surface area contributed by atoms with E-state index in [2.05, 4.69) is 10.1 Å². The van der Waals surface area contributed by atoms with E-state index in [1.165, 1.54) is 6.07 Å². The van der Waals surface area contributed by atoms with Gasteiger partial charge in [-0.3, -0.25) is 0 Å². The topological polar surface area (TPSA) is 43.4 Å². The maximum atomic E-state index is 12.6. The summed E-state index contributed by atoms with van der Waals surface area (Å²) in [4.78, 5) is 0. The third-order valence-corrected chi connectivity index (χ3v) is 5.88. The van der Waals surface area contributed by atoms with Crippen molar-refractivity contribution in [3.63, 3.8) is 0 Å². The molecule has 0 saturated heterocycles. The summed E-state index contributed by atoms with van der Waals surface area (Å²) < 4.78 is 65.0. The van der Waals surface area contributed by atoms with Gasteiger partial charge < -0.3 is 4.18 Å². The van der Waals surface area contributed by atoms with Gasteiger partial charge in [-0.2, -0.15) is 21.6 Å². The van der Waals surface area contributed by atoms with E-state index < -0.39 is 23.7 Å². The average Bonchev–Trinajstić information content (AvgIpc) is 2.34. The first-order valence-electron chi connectivity index (χ1n) is 6.46. The first-order valence-corrected chi connectivity index (χ1v) is 11.4. The Bertz CT molecular complexity index is 683. The number of terminal acetylenes is 1. The van der Waals surface area contributed by atoms with Crippen LogP contribution in [0.3, 0.4) is 0 Å². The summed E-state index contributed by atoms with van der Waals surface area (Å²) in [5, 5.41) is 0.509. The molecule has 0 aliphatic heterocycles. The quantitative estimate of drug-likeness (QED) is 0.355. The zero-order valence-electron chi connectivity index (χ0n) is 12.5. The summed E-state index contributed by atoms with van der Waals surface area (Å²) in [6.07, 6.45) is 5.69. The van der Waals surface area contributed by atoms with Crippen LogP contribution in [0, 0.1) is 12.3 Å². The minimum absolute atomic E-state index is 0.228. The van der Waals surface area contributed by atoms with E-state index in [1.807, 2.05) is 19.6 Å². The second-order valence-electron chi connectivity index (χ2n) is 5.73. The molecule has 0 amide bonds. The summed E-state index contributed by atoms with van der Waals surface area (Å²) in [7, 11) is -7.83. The molecule has 0 radical (unpaired) electrons. The SMILES string of the molecule is C#CCCc1cccc([Si](C)(C)C)c1OS(=O)(=O)C(F)(F)F. The van der Waals surface area contributed by atoms with Crippen molar-refractivity contribution in [2.45, 2.75) is 38.0 Å². The van der Waals surface area contributed by atoms with Gasteiger partial charge in [-0.25, -0.2) is 0 Å². The highest BCUT2D eigenvalue weighted by molar-refractivity contribution is 7.88. The molecule has 0 atom stereocenters. The zero-order chi connectivity index (χ0) is 17.2. The minimum atomic E-state index is -5.71. The van der Waals surface area contributed by atoms with E-state index in [0.717, 1.165) is 0 Å². The van der Waals surface area contributed by atoms with Gasteiger partial charge in [-0.15, -0.1) is 12.3 Å². The van der Waals surface area contributed by atoms with Crippen LogP contribution in [0.1, 0.15) is 12.0 Å². The Kier molecular flexibility index (Phi) is 5.36. The van der Waals surface area contributed by atoms with Crippen molar-refractivity contribution in [2.24, 2.45) is 0 Å². The normalized spacial score (nSPS) is 12.8. The molecule has 0 aliphatic carbocycles. The molecule has 0 unspecified atom stereocenters. The first kappa shape index (κ1) is 18.6. The number of benzene rings is 1. The summed E-state index contributed by atoms with van der Waals surface area (Å²) in [5.41, 5.74) is -5.10. The lowest BCUT2D eigenvalue weighted by molar-refractivity contribution is -0.0499. The van der Waals surface area contributed by atoms with Gasteiger partial charge in [0.05, 0.1) is 8.07 Å². The largest absolute Gasteiger partial charge is 0.534 e. The van der Waals surface area contributed by atoms with Crippen molar-refractivity contribution < 1.29 is 25.8 Å². The Hall–Kier alpha value is -1.46. The predicted octanol–water partition coefficient (Wildman–Crippen LogP) is 3.03. The average molecular weight is 350 g/mol. The molecule has 0 heterocycles. The second-order valence-corrected chi connectivity index (χ2v) is 12.3. The third-order valence-electron chi connectivity index (χ3n) is 2.92. The zero-order valence-corrected chi connectivity index (χ0v) is 14.3. The molecular weight excluding hydrogens is 333 g/mol. The molecule has 1 aromatic rings. The highest BCUT2D eigenvalue weighted by atomic mass is 32.2. The van der Waals surface area contributed by atoms with Crippen LogP contribution in [-0.4, -0.2) is 22.0 Å². The summed E-state index contributed by atoms with van der Waals surface area (Å²) in [6, 6.07) is 4.81. The summed E-state index contributed by atoms with van der Waals surface area (Å²) >= 11 is 0. The summed E-state index contributed by atoms with van der Waals surface area (Å²) in [6.45, 7) is 5.67. The first-order chi connectivity index (χ1) is 9.90. The van der Waals surface area contributed by atoms with Gasteiger partial charge in [0.25, 0.3) is 0 Å². The van der Waals surface area contributed by atoms with Crippen LogP contribution >= 0.6 is 0 Å². The Labute approximate surface area is 129 Å². The van der Waals surface area contributed by atoms with E-state index in [1.54, 1.807) is 12.1 Å². The van der Waals surface area contributed by atoms with Crippen LogP contribution in [0.25, 0.3) is 0 Å². The van der Waals surface area contributed by atoms with Gasteiger partial charge in [-0.05, 0) is 17.2 Å². The molecule has 3 nitrogen and oxygen atoms in total. The fourth-order valence-corrected chi connectivity index (χ4v) is 3.91. The molecule has 0 spiro atoms. The Morgan fingerprint density at radius 3 is 2.32 bits per heavy atom.